The first-order chi connectivity index (χ1) is 9.43. The lowest BCUT2D eigenvalue weighted by atomic mass is 9.93. The van der Waals surface area contributed by atoms with Gasteiger partial charge in [-0.25, -0.2) is 4.39 Å². The lowest BCUT2D eigenvalue weighted by Crippen LogP contribution is -2.46. The molecule has 1 fully saturated rings. The van der Waals surface area contributed by atoms with Crippen LogP contribution in [0.1, 0.15) is 30.1 Å². The van der Waals surface area contributed by atoms with E-state index in [2.05, 4.69) is 0 Å². The van der Waals surface area contributed by atoms with E-state index in [1.807, 2.05) is 0 Å². The molecule has 1 aromatic carbocycles. The maximum atomic E-state index is 14.0. The van der Waals surface area contributed by atoms with E-state index in [0.717, 1.165) is 0 Å². The summed E-state index contributed by atoms with van der Waals surface area (Å²) in [5, 5.41) is 10.5. The molecule has 2 rings (SSSR count). The van der Waals surface area contributed by atoms with Gasteiger partial charge in [0, 0.05) is 45.2 Å². The average Bonchev–Trinajstić information content (AvgIpc) is 2.38. The molecule has 0 atom stereocenters. The van der Waals surface area contributed by atoms with Crippen LogP contribution in [-0.4, -0.2) is 43.3 Å². The standard InChI is InChI=1S/C15H20FNO3/c1-11(18)12-4-3-5-13(16)14(12)17(2)10-15(19)6-8-20-9-7-15/h3-5,19H,6-10H2,1-2H3. The summed E-state index contributed by atoms with van der Waals surface area (Å²) in [6, 6.07) is 4.45. The Kier molecular flexibility index (Phi) is 4.40. The second-order valence-electron chi connectivity index (χ2n) is 5.38. The summed E-state index contributed by atoms with van der Waals surface area (Å²) in [7, 11) is 1.69. The van der Waals surface area contributed by atoms with Crippen molar-refractivity contribution in [2.24, 2.45) is 0 Å². The molecule has 0 aromatic heterocycles. The summed E-state index contributed by atoms with van der Waals surface area (Å²) in [6.07, 6.45) is 1.03. The number of likely N-dealkylation sites (N-methyl/N-ethyl adjacent to an activating group) is 1. The van der Waals surface area contributed by atoms with Crippen LogP contribution >= 0.6 is 0 Å². The van der Waals surface area contributed by atoms with Gasteiger partial charge < -0.3 is 14.7 Å². The van der Waals surface area contributed by atoms with Gasteiger partial charge in [0.2, 0.25) is 0 Å². The first-order valence-corrected chi connectivity index (χ1v) is 6.74. The van der Waals surface area contributed by atoms with Crippen molar-refractivity contribution >= 4 is 11.5 Å². The number of benzene rings is 1. The Labute approximate surface area is 118 Å². The van der Waals surface area contributed by atoms with Gasteiger partial charge >= 0.3 is 0 Å². The number of nitrogens with zero attached hydrogens (tertiary/aromatic N) is 1. The van der Waals surface area contributed by atoms with Crippen LogP contribution in [0.25, 0.3) is 0 Å². The summed E-state index contributed by atoms with van der Waals surface area (Å²) in [5.74, 6) is -0.638. The number of carbonyl (C=O) groups excluding carboxylic acids is 1. The quantitative estimate of drug-likeness (QED) is 0.858. The highest BCUT2D eigenvalue weighted by molar-refractivity contribution is 5.99. The highest BCUT2D eigenvalue weighted by Gasteiger charge is 2.32. The third-order valence-electron chi connectivity index (χ3n) is 3.70. The Morgan fingerprint density at radius 1 is 1.45 bits per heavy atom. The highest BCUT2D eigenvalue weighted by atomic mass is 19.1. The minimum atomic E-state index is -0.899. The molecule has 20 heavy (non-hydrogen) atoms. The van der Waals surface area contributed by atoms with Gasteiger partial charge in [-0.1, -0.05) is 6.07 Å². The normalized spacial score (nSPS) is 17.8. The van der Waals surface area contributed by atoms with E-state index in [1.165, 1.54) is 19.1 Å². The molecule has 1 heterocycles. The average molecular weight is 281 g/mol. The molecule has 110 valence electrons. The Balaban J connectivity index is 2.24. The molecule has 0 aliphatic carbocycles. The van der Waals surface area contributed by atoms with E-state index in [9.17, 15) is 14.3 Å². The number of ketones is 1. The third-order valence-corrected chi connectivity index (χ3v) is 3.70. The van der Waals surface area contributed by atoms with Crippen molar-refractivity contribution in [3.63, 3.8) is 0 Å². The largest absolute Gasteiger partial charge is 0.388 e. The van der Waals surface area contributed by atoms with Crippen LogP contribution in [0, 0.1) is 5.82 Å². The van der Waals surface area contributed by atoms with Gasteiger partial charge in [0.25, 0.3) is 0 Å². The fourth-order valence-corrected chi connectivity index (χ4v) is 2.62. The van der Waals surface area contributed by atoms with E-state index >= 15 is 0 Å². The number of para-hydroxylation sites is 1. The number of hydrogen-bond donors (Lipinski definition) is 1. The van der Waals surface area contributed by atoms with Crippen LogP contribution < -0.4 is 4.90 Å². The second-order valence-corrected chi connectivity index (χ2v) is 5.38. The third kappa shape index (κ3) is 3.16. The summed E-state index contributed by atoms with van der Waals surface area (Å²) >= 11 is 0. The van der Waals surface area contributed by atoms with Crippen LogP contribution in [0.4, 0.5) is 10.1 Å². The molecule has 5 heteroatoms. The fourth-order valence-electron chi connectivity index (χ4n) is 2.62. The Morgan fingerprint density at radius 3 is 2.70 bits per heavy atom. The van der Waals surface area contributed by atoms with Crippen LogP contribution in [0.15, 0.2) is 18.2 Å². The van der Waals surface area contributed by atoms with Crippen molar-refractivity contribution < 1.29 is 19.0 Å². The number of carbonyl (C=O) groups is 1. The smallest absolute Gasteiger partial charge is 0.161 e. The van der Waals surface area contributed by atoms with Gasteiger partial charge in [-0.2, -0.15) is 0 Å². The number of aliphatic hydroxyl groups is 1. The molecule has 0 saturated carbocycles. The van der Waals surface area contributed by atoms with Gasteiger partial charge in [-0.15, -0.1) is 0 Å². The van der Waals surface area contributed by atoms with E-state index in [-0.39, 0.29) is 18.0 Å². The van der Waals surface area contributed by atoms with Gasteiger partial charge in [0.15, 0.2) is 5.78 Å². The molecule has 0 bridgehead atoms. The van der Waals surface area contributed by atoms with E-state index < -0.39 is 11.4 Å². The lowest BCUT2D eigenvalue weighted by Gasteiger charge is -2.36. The van der Waals surface area contributed by atoms with Gasteiger partial charge in [-0.3, -0.25) is 4.79 Å². The lowest BCUT2D eigenvalue weighted by molar-refractivity contribution is -0.0573. The Hall–Kier alpha value is -1.46. The number of hydrogen-bond acceptors (Lipinski definition) is 4. The topological polar surface area (TPSA) is 49.8 Å². The molecule has 1 saturated heterocycles. The number of halogens is 1. The molecule has 0 spiro atoms. The van der Waals surface area contributed by atoms with Crippen molar-refractivity contribution in [1.29, 1.82) is 0 Å². The van der Waals surface area contributed by atoms with Gasteiger partial charge in [0.1, 0.15) is 5.82 Å². The Bertz CT molecular complexity index is 498. The summed E-state index contributed by atoms with van der Waals surface area (Å²) in [5.41, 5.74) is -0.313. The second kappa shape index (κ2) is 5.89. The van der Waals surface area contributed by atoms with Gasteiger partial charge in [0.05, 0.1) is 11.3 Å². The maximum Gasteiger partial charge on any atom is 0.161 e. The molecule has 1 aliphatic rings. The number of ether oxygens (including phenoxy) is 1. The van der Waals surface area contributed by atoms with E-state index in [4.69, 9.17) is 4.74 Å². The molecule has 1 aliphatic heterocycles. The number of Topliss-reactive ketones (excluding diaryl/α,β-unsaturated/α-hetero) is 1. The van der Waals surface area contributed by atoms with Crippen molar-refractivity contribution in [3.8, 4) is 0 Å². The molecule has 4 nitrogen and oxygen atoms in total. The maximum absolute atomic E-state index is 14.0. The molecule has 1 N–H and O–H groups in total. The summed E-state index contributed by atoms with van der Waals surface area (Å²) in [4.78, 5) is 13.2. The minimum Gasteiger partial charge on any atom is -0.388 e. The van der Waals surface area contributed by atoms with Crippen molar-refractivity contribution in [2.45, 2.75) is 25.4 Å². The van der Waals surface area contributed by atoms with Crippen molar-refractivity contribution in [1.82, 2.24) is 0 Å². The Morgan fingerprint density at radius 2 is 2.10 bits per heavy atom. The highest BCUT2D eigenvalue weighted by Crippen LogP contribution is 2.28. The van der Waals surface area contributed by atoms with Crippen molar-refractivity contribution in [3.05, 3.63) is 29.6 Å². The monoisotopic (exact) mass is 281 g/mol. The van der Waals surface area contributed by atoms with Crippen molar-refractivity contribution in [2.75, 3.05) is 31.7 Å². The zero-order chi connectivity index (χ0) is 14.8. The van der Waals surface area contributed by atoms with Gasteiger partial charge in [-0.05, 0) is 19.1 Å². The molecule has 0 radical (unpaired) electrons. The van der Waals surface area contributed by atoms with Crippen LogP contribution in [-0.2, 0) is 4.74 Å². The first kappa shape index (κ1) is 14.9. The molecular weight excluding hydrogens is 261 g/mol. The minimum absolute atomic E-state index is 0.190. The van der Waals surface area contributed by atoms with Crippen LogP contribution in [0.5, 0.6) is 0 Å². The van der Waals surface area contributed by atoms with Crippen LogP contribution in [0.2, 0.25) is 0 Å². The van der Waals surface area contributed by atoms with Crippen LogP contribution in [0.3, 0.4) is 0 Å². The SMILES string of the molecule is CC(=O)c1cccc(F)c1N(C)CC1(O)CCOCC1. The molecule has 0 amide bonds. The molecular formula is C15H20FNO3. The fraction of sp³-hybridized carbons (Fsp3) is 0.533. The first-order valence-electron chi connectivity index (χ1n) is 6.74. The predicted octanol–water partition coefficient (Wildman–Crippen LogP) is 2.01. The zero-order valence-electron chi connectivity index (χ0n) is 11.9. The summed E-state index contributed by atoms with van der Waals surface area (Å²) in [6.45, 7) is 2.69. The predicted molar refractivity (Wildman–Crippen MR) is 74.7 cm³/mol. The number of rotatable bonds is 4. The summed E-state index contributed by atoms with van der Waals surface area (Å²) < 4.78 is 19.3. The molecule has 1 aromatic rings. The molecule has 0 unspecified atom stereocenters. The van der Waals surface area contributed by atoms with E-state index in [1.54, 1.807) is 18.0 Å². The number of anilines is 1. The van der Waals surface area contributed by atoms with E-state index in [0.29, 0.717) is 31.6 Å². The zero-order valence-corrected chi connectivity index (χ0v) is 11.9.